The highest BCUT2D eigenvalue weighted by atomic mass is 16.5. The average Bonchev–Trinajstić information content (AvgIpc) is 3.16. The van der Waals surface area contributed by atoms with E-state index < -0.39 is 0 Å². The third kappa shape index (κ3) is 4.83. The third-order valence-electron chi connectivity index (χ3n) is 3.48. The SMILES string of the molecule is CC(C)Oc1ccc(NC(N)=NCc2ccnc(-n3cccn3)c2)cc1. The van der Waals surface area contributed by atoms with Gasteiger partial charge in [0.05, 0.1) is 12.6 Å². The largest absolute Gasteiger partial charge is 0.491 e. The maximum Gasteiger partial charge on any atom is 0.193 e. The summed E-state index contributed by atoms with van der Waals surface area (Å²) in [4.78, 5) is 8.68. The van der Waals surface area contributed by atoms with Gasteiger partial charge in [-0.3, -0.25) is 0 Å². The van der Waals surface area contributed by atoms with Gasteiger partial charge in [0.25, 0.3) is 0 Å². The van der Waals surface area contributed by atoms with Crippen molar-refractivity contribution in [1.29, 1.82) is 0 Å². The molecule has 0 bridgehead atoms. The van der Waals surface area contributed by atoms with Crippen LogP contribution in [0.2, 0.25) is 0 Å². The van der Waals surface area contributed by atoms with E-state index in [4.69, 9.17) is 10.5 Å². The summed E-state index contributed by atoms with van der Waals surface area (Å²) in [6.45, 7) is 4.44. The number of rotatable bonds is 6. The van der Waals surface area contributed by atoms with Crippen molar-refractivity contribution in [3.8, 4) is 11.6 Å². The minimum absolute atomic E-state index is 0.146. The smallest absolute Gasteiger partial charge is 0.193 e. The van der Waals surface area contributed by atoms with Crippen LogP contribution in [0.25, 0.3) is 5.82 Å². The molecule has 0 unspecified atom stereocenters. The molecule has 0 amide bonds. The van der Waals surface area contributed by atoms with Crippen molar-refractivity contribution in [2.45, 2.75) is 26.5 Å². The van der Waals surface area contributed by atoms with Gasteiger partial charge in [-0.1, -0.05) is 0 Å². The summed E-state index contributed by atoms with van der Waals surface area (Å²) in [6, 6.07) is 13.3. The standard InChI is InChI=1S/C19H22N6O/c1-14(2)26-17-6-4-16(5-7-17)24-19(20)22-13-15-8-10-21-18(12-15)25-11-3-9-23-25/h3-12,14H,13H2,1-2H3,(H3,20,22,24). The minimum atomic E-state index is 0.146. The molecular weight excluding hydrogens is 328 g/mol. The van der Waals surface area contributed by atoms with E-state index in [2.05, 4.69) is 20.4 Å². The van der Waals surface area contributed by atoms with Crippen molar-refractivity contribution in [3.63, 3.8) is 0 Å². The van der Waals surface area contributed by atoms with Gasteiger partial charge in [-0.25, -0.2) is 14.7 Å². The van der Waals surface area contributed by atoms with Gasteiger partial charge in [0.1, 0.15) is 5.75 Å². The Kier molecular flexibility index (Phi) is 5.48. The summed E-state index contributed by atoms with van der Waals surface area (Å²) in [7, 11) is 0. The highest BCUT2D eigenvalue weighted by Gasteiger charge is 2.01. The Hall–Kier alpha value is -3.35. The molecule has 2 aromatic heterocycles. The highest BCUT2D eigenvalue weighted by Crippen LogP contribution is 2.16. The molecule has 7 heteroatoms. The number of nitrogens with two attached hydrogens (primary N) is 1. The topological polar surface area (TPSA) is 90.4 Å². The Morgan fingerprint density at radius 1 is 1.23 bits per heavy atom. The van der Waals surface area contributed by atoms with Crippen molar-refractivity contribution >= 4 is 11.6 Å². The highest BCUT2D eigenvalue weighted by molar-refractivity contribution is 5.92. The number of nitrogens with one attached hydrogen (secondary N) is 1. The van der Waals surface area contributed by atoms with Gasteiger partial charge in [-0.05, 0) is 61.9 Å². The molecule has 3 aromatic rings. The molecule has 7 nitrogen and oxygen atoms in total. The van der Waals surface area contributed by atoms with Crippen LogP contribution < -0.4 is 15.8 Å². The Bertz CT molecular complexity index is 856. The summed E-state index contributed by atoms with van der Waals surface area (Å²) in [5, 5.41) is 7.25. The first-order valence-electron chi connectivity index (χ1n) is 8.39. The molecule has 3 rings (SSSR count). The van der Waals surface area contributed by atoms with Crippen LogP contribution in [0.1, 0.15) is 19.4 Å². The van der Waals surface area contributed by atoms with E-state index >= 15 is 0 Å². The Balaban J connectivity index is 1.61. The fraction of sp³-hybridized carbons (Fsp3) is 0.211. The van der Waals surface area contributed by atoms with Gasteiger partial charge in [-0.15, -0.1) is 0 Å². The first-order valence-corrected chi connectivity index (χ1v) is 8.39. The van der Waals surface area contributed by atoms with Crippen molar-refractivity contribution in [2.75, 3.05) is 5.32 Å². The van der Waals surface area contributed by atoms with Gasteiger partial charge in [0.15, 0.2) is 11.8 Å². The van der Waals surface area contributed by atoms with Gasteiger partial charge >= 0.3 is 0 Å². The Morgan fingerprint density at radius 2 is 2.04 bits per heavy atom. The van der Waals surface area contributed by atoms with Crippen LogP contribution in [0.3, 0.4) is 0 Å². The van der Waals surface area contributed by atoms with Gasteiger partial charge < -0.3 is 15.8 Å². The van der Waals surface area contributed by atoms with E-state index in [1.807, 2.05) is 62.5 Å². The normalized spacial score (nSPS) is 11.6. The molecule has 26 heavy (non-hydrogen) atoms. The minimum Gasteiger partial charge on any atom is -0.491 e. The monoisotopic (exact) mass is 350 g/mol. The van der Waals surface area contributed by atoms with Crippen LogP contribution in [0.5, 0.6) is 5.75 Å². The van der Waals surface area contributed by atoms with E-state index in [-0.39, 0.29) is 6.10 Å². The number of anilines is 1. The first-order chi connectivity index (χ1) is 12.6. The van der Waals surface area contributed by atoms with E-state index in [1.54, 1.807) is 17.1 Å². The van der Waals surface area contributed by atoms with Crippen molar-refractivity contribution in [3.05, 3.63) is 66.6 Å². The van der Waals surface area contributed by atoms with Gasteiger partial charge in [0.2, 0.25) is 0 Å². The summed E-state index contributed by atoms with van der Waals surface area (Å²) in [5.74, 6) is 1.92. The zero-order valence-corrected chi connectivity index (χ0v) is 14.8. The number of ether oxygens (including phenoxy) is 1. The zero-order valence-electron chi connectivity index (χ0n) is 14.8. The molecule has 3 N–H and O–H groups in total. The van der Waals surface area contributed by atoms with Gasteiger partial charge in [-0.2, -0.15) is 5.10 Å². The number of aromatic nitrogens is 3. The Morgan fingerprint density at radius 3 is 2.73 bits per heavy atom. The lowest BCUT2D eigenvalue weighted by atomic mass is 10.2. The molecule has 0 spiro atoms. The van der Waals surface area contributed by atoms with Crippen LogP contribution in [0, 0.1) is 0 Å². The number of pyridine rings is 1. The molecule has 0 saturated carbocycles. The molecule has 0 radical (unpaired) electrons. The third-order valence-corrected chi connectivity index (χ3v) is 3.48. The molecule has 0 saturated heterocycles. The van der Waals surface area contributed by atoms with E-state index in [0.717, 1.165) is 22.8 Å². The van der Waals surface area contributed by atoms with Crippen LogP contribution in [-0.2, 0) is 6.54 Å². The van der Waals surface area contributed by atoms with Gasteiger partial charge in [0, 0.05) is 24.3 Å². The zero-order chi connectivity index (χ0) is 18.4. The second-order valence-electron chi connectivity index (χ2n) is 5.99. The number of hydrogen-bond donors (Lipinski definition) is 2. The molecule has 0 fully saturated rings. The summed E-state index contributed by atoms with van der Waals surface area (Å²) in [5.41, 5.74) is 7.83. The lowest BCUT2D eigenvalue weighted by Crippen LogP contribution is -2.22. The quantitative estimate of drug-likeness (QED) is 0.527. The predicted octanol–water partition coefficient (Wildman–Crippen LogP) is 2.98. The molecule has 0 atom stereocenters. The molecule has 2 heterocycles. The Labute approximate surface area is 152 Å². The summed E-state index contributed by atoms with van der Waals surface area (Å²) < 4.78 is 7.32. The van der Waals surface area contributed by atoms with E-state index in [9.17, 15) is 0 Å². The fourth-order valence-electron chi connectivity index (χ4n) is 2.34. The van der Waals surface area contributed by atoms with E-state index in [1.165, 1.54) is 0 Å². The average molecular weight is 350 g/mol. The molecule has 0 aliphatic rings. The first kappa shape index (κ1) is 17.5. The lowest BCUT2D eigenvalue weighted by Gasteiger charge is -2.11. The summed E-state index contributed by atoms with van der Waals surface area (Å²) in [6.07, 6.45) is 5.44. The van der Waals surface area contributed by atoms with Crippen molar-refractivity contribution in [1.82, 2.24) is 14.8 Å². The number of aliphatic imine (C=N–C) groups is 1. The second-order valence-corrected chi connectivity index (χ2v) is 5.99. The number of guanidine groups is 1. The van der Waals surface area contributed by atoms with Crippen molar-refractivity contribution < 1.29 is 4.74 Å². The summed E-state index contributed by atoms with van der Waals surface area (Å²) >= 11 is 0. The molecule has 0 aliphatic heterocycles. The number of hydrogen-bond acceptors (Lipinski definition) is 4. The molecule has 134 valence electrons. The number of nitrogens with zero attached hydrogens (tertiary/aromatic N) is 4. The fourth-order valence-corrected chi connectivity index (χ4v) is 2.34. The second kappa shape index (κ2) is 8.15. The molecule has 0 aliphatic carbocycles. The molecule has 1 aromatic carbocycles. The maximum atomic E-state index is 5.98. The molecular formula is C19H22N6O. The maximum absolute atomic E-state index is 5.98. The van der Waals surface area contributed by atoms with Crippen LogP contribution in [0.15, 0.2) is 66.0 Å². The van der Waals surface area contributed by atoms with E-state index in [0.29, 0.717) is 12.5 Å². The van der Waals surface area contributed by atoms with Crippen LogP contribution >= 0.6 is 0 Å². The van der Waals surface area contributed by atoms with Crippen LogP contribution in [0.4, 0.5) is 5.69 Å². The predicted molar refractivity (Wildman–Crippen MR) is 103 cm³/mol. The van der Waals surface area contributed by atoms with Crippen molar-refractivity contribution in [2.24, 2.45) is 10.7 Å². The van der Waals surface area contributed by atoms with Crippen LogP contribution in [-0.4, -0.2) is 26.8 Å². The lowest BCUT2D eigenvalue weighted by molar-refractivity contribution is 0.242. The number of benzene rings is 1.